The maximum atomic E-state index is 13.9. The fourth-order valence-electron chi connectivity index (χ4n) is 15.7. The van der Waals surface area contributed by atoms with Gasteiger partial charge in [-0.05, 0) is 195 Å². The van der Waals surface area contributed by atoms with Gasteiger partial charge in [0.05, 0.1) is 57.9 Å². The molecule has 3 aliphatic heterocycles. The fraction of sp³-hybridized carbons (Fsp3) is 0.512. The molecule has 3 saturated carbocycles. The molecule has 0 unspecified atom stereocenters. The SMILES string of the molecule is C=C(OCCCC)c1c(C)c2cnc(Nc3ccc(N4CCN(C(=O)OC(C)(C)C)CC4)cn3)nc2n(C2CCCC2)c1=O.CC(=O)c1c(C)c2cnc(Nc3ccc(N4CCNCC4)cn3)nc2n(C2CCCC2)c1=O.CC(C)(C)OC(=O)N1CCN(c2ccc(N)nc2)CC1.Cc1c(Br)c(=O)n(C2CCCC2)c2nc(Cl)ncc12. The van der Waals surface area contributed by atoms with Gasteiger partial charge in [0.15, 0.2) is 5.78 Å². The summed E-state index contributed by atoms with van der Waals surface area (Å²) in [5, 5.41) is 12.3. The number of fused-ring (bicyclic) bond motifs is 3. The van der Waals surface area contributed by atoms with Crippen LogP contribution in [0.15, 0.2) is 99.0 Å². The Bertz CT molecular complexity index is 5190. The molecule has 6 fully saturated rings. The highest BCUT2D eigenvalue weighted by molar-refractivity contribution is 9.10. The number of nitrogens with one attached hydrogen (secondary N) is 3. The van der Waals surface area contributed by atoms with E-state index in [1.807, 2.05) is 103 Å². The maximum absolute atomic E-state index is 13.9. The van der Waals surface area contributed by atoms with Gasteiger partial charge in [0, 0.05) is 131 Å². The van der Waals surface area contributed by atoms with E-state index in [1.54, 1.807) is 56.7 Å². The Labute approximate surface area is 689 Å². The number of rotatable bonds is 16. The molecule has 0 radical (unpaired) electrons. The number of carbonyl (C=O) groups is 3. The summed E-state index contributed by atoms with van der Waals surface area (Å²) in [6, 6.07) is 11.9. The Morgan fingerprint density at radius 2 is 0.931 bits per heavy atom. The van der Waals surface area contributed by atoms with Crippen LogP contribution in [0.2, 0.25) is 5.28 Å². The molecule has 9 aromatic heterocycles. The Balaban J connectivity index is 0.000000151. The number of carbonyl (C=O) groups excluding carboxylic acids is 3. The van der Waals surface area contributed by atoms with Crippen molar-refractivity contribution in [1.29, 1.82) is 0 Å². The zero-order valence-corrected chi connectivity index (χ0v) is 70.9. The normalized spacial score (nSPS) is 16.3. The van der Waals surface area contributed by atoms with Crippen molar-refractivity contribution in [2.45, 2.75) is 195 Å². The second kappa shape index (κ2) is 37.7. The monoisotopic (exact) mass is 1670 g/mol. The number of aryl methyl sites for hydroxylation is 3. The molecule has 15 rings (SSSR count). The highest BCUT2D eigenvalue weighted by Gasteiger charge is 2.32. The number of nitrogens with zero attached hydrogens (tertiary/aromatic N) is 17. The number of ether oxygens (including phenoxy) is 3. The number of nitrogens with two attached hydrogens (primary N) is 1. The van der Waals surface area contributed by atoms with Gasteiger partial charge in [-0.3, -0.25) is 32.9 Å². The number of Topliss-reactive ketones (excluding diaryl/α,β-unsaturated/α-hetero) is 1. The zero-order valence-electron chi connectivity index (χ0n) is 68.6. The van der Waals surface area contributed by atoms with Gasteiger partial charge in [-0.2, -0.15) is 15.0 Å². The predicted octanol–water partition coefficient (Wildman–Crippen LogP) is 14.5. The van der Waals surface area contributed by atoms with Gasteiger partial charge in [-0.15, -0.1) is 0 Å². The molecule has 30 nitrogen and oxygen atoms in total. The van der Waals surface area contributed by atoms with E-state index in [0.717, 1.165) is 174 Å². The lowest BCUT2D eigenvalue weighted by Gasteiger charge is -2.36. The Morgan fingerprint density at radius 1 is 0.534 bits per heavy atom. The van der Waals surface area contributed by atoms with E-state index in [1.165, 1.54) is 6.92 Å². The van der Waals surface area contributed by atoms with E-state index >= 15 is 0 Å². The van der Waals surface area contributed by atoms with Crippen molar-refractivity contribution in [2.24, 2.45) is 0 Å². The number of nitrogen functional groups attached to an aromatic ring is 1. The molecule has 32 heteroatoms. The van der Waals surface area contributed by atoms with E-state index in [9.17, 15) is 28.8 Å². The third kappa shape index (κ3) is 20.5. The van der Waals surface area contributed by atoms with E-state index < -0.39 is 11.2 Å². The van der Waals surface area contributed by atoms with Crippen molar-refractivity contribution >= 4 is 131 Å². The number of ketones is 1. The van der Waals surface area contributed by atoms with Gasteiger partial charge in [-0.1, -0.05) is 58.4 Å². The summed E-state index contributed by atoms with van der Waals surface area (Å²) in [5.41, 5.74) is 12.2. The van der Waals surface area contributed by atoms with Crippen molar-refractivity contribution < 1.29 is 28.6 Å². The number of aromatic nitrogens is 12. The number of hydrogen-bond acceptors (Lipinski definition) is 25. The quantitative estimate of drug-likeness (QED) is 0.0302. The molecule has 0 aromatic carbocycles. The topological polar surface area (TPSA) is 339 Å². The van der Waals surface area contributed by atoms with Gasteiger partial charge in [0.2, 0.25) is 17.2 Å². The molecule has 0 spiro atoms. The molecular weight excluding hydrogens is 1560 g/mol. The van der Waals surface area contributed by atoms with Crippen molar-refractivity contribution in [2.75, 3.05) is 116 Å². The summed E-state index contributed by atoms with van der Waals surface area (Å²) >= 11 is 9.29. The number of halogens is 2. The molecule has 3 aliphatic carbocycles. The summed E-state index contributed by atoms with van der Waals surface area (Å²) in [5.74, 6) is 2.70. The maximum Gasteiger partial charge on any atom is 0.410 e. The predicted molar refractivity (Wildman–Crippen MR) is 460 cm³/mol. The van der Waals surface area contributed by atoms with Gasteiger partial charge < -0.3 is 60.4 Å². The van der Waals surface area contributed by atoms with E-state index in [4.69, 9.17) is 41.5 Å². The first-order valence-corrected chi connectivity index (χ1v) is 41.7. The Morgan fingerprint density at radius 3 is 1.34 bits per heavy atom. The van der Waals surface area contributed by atoms with Crippen LogP contribution in [-0.4, -0.2) is 183 Å². The molecule has 5 N–H and O–H groups in total. The number of piperazine rings is 3. The first kappa shape index (κ1) is 85.0. The summed E-state index contributed by atoms with van der Waals surface area (Å²) < 4.78 is 22.7. The van der Waals surface area contributed by atoms with E-state index in [-0.39, 0.29) is 63.6 Å². The lowest BCUT2D eigenvalue weighted by Crippen LogP contribution is -2.50. The number of anilines is 8. The Kier molecular flexibility index (Phi) is 27.6. The largest absolute Gasteiger partial charge is 0.493 e. The number of hydrogen-bond donors (Lipinski definition) is 4. The van der Waals surface area contributed by atoms with Crippen LogP contribution in [0, 0.1) is 20.8 Å². The van der Waals surface area contributed by atoms with Crippen molar-refractivity contribution in [3.63, 3.8) is 0 Å². The van der Waals surface area contributed by atoms with Crippen molar-refractivity contribution in [3.8, 4) is 0 Å². The average molecular weight is 1670 g/mol. The second-order valence-electron chi connectivity index (χ2n) is 32.3. The third-order valence-electron chi connectivity index (χ3n) is 21.8. The lowest BCUT2D eigenvalue weighted by atomic mass is 10.0. The van der Waals surface area contributed by atoms with E-state index in [0.29, 0.717) is 114 Å². The summed E-state index contributed by atoms with van der Waals surface area (Å²) in [6.45, 7) is 34.3. The lowest BCUT2D eigenvalue weighted by molar-refractivity contribution is 0.0230. The van der Waals surface area contributed by atoms with E-state index in [2.05, 4.69) is 95.0 Å². The molecule has 6 aliphatic rings. The zero-order chi connectivity index (χ0) is 82.7. The summed E-state index contributed by atoms with van der Waals surface area (Å²) in [4.78, 5) is 127. The highest BCUT2D eigenvalue weighted by atomic mass is 79.9. The molecule has 0 atom stereocenters. The molecule has 618 valence electrons. The number of amides is 2. The number of unbranched alkanes of at least 4 members (excludes halogenated alkanes) is 1. The average Bonchev–Trinajstić information content (AvgIpc) is 1.14. The van der Waals surface area contributed by atoms with Gasteiger partial charge in [-0.25, -0.2) is 39.5 Å². The number of pyridine rings is 6. The molecule has 116 heavy (non-hydrogen) atoms. The van der Waals surface area contributed by atoms with Crippen LogP contribution >= 0.6 is 27.5 Å². The Hall–Kier alpha value is -10.4. The fourth-order valence-corrected chi connectivity index (χ4v) is 16.2. The first-order valence-electron chi connectivity index (χ1n) is 40.5. The molecular formula is C84H109BrClN21O9. The molecule has 0 bridgehead atoms. The standard InChI is InChI=1S/C33H45N7O4.C24H29N7O2.C14H22N4O2.C13H13BrClN3O/c1-7-8-19-43-23(3)28-22(2)26-21-35-31(37-29(26)40(30(28)41)24-11-9-10-12-24)36-27-14-13-25(20-34-27)38-15-17-39(18-16-38)32(42)44-33(4,5)6;1-15-19-14-27-24(28-20-8-7-18(13-26-20)30-11-9-25-10-12-30)29-22(19)31(17-5-3-4-6-17)23(33)21(15)16(2)32;1-14(2,3)20-13(19)18-8-6-17(7-9-18)11-4-5-12(15)16-10-11;1-7-9-6-16-13(15)17-11(9)18(12(19)10(7)14)8-4-2-3-5-8/h13-14,20-21,24H,3,7-12,15-19H2,1-2,4-6H3,(H,34,35,36,37);7-8,13-14,17,25H,3-6,9-12H2,1-2H3,(H,26,27,28,29);4-5,10H,6-9H2,1-3H3,(H2,15,16);6,8H,2-5H2,1H3. The van der Waals surface area contributed by atoms with Gasteiger partial charge in [0.1, 0.15) is 51.4 Å². The van der Waals surface area contributed by atoms with Crippen LogP contribution < -0.4 is 53.1 Å². The van der Waals surface area contributed by atoms with Crippen LogP contribution in [0.4, 0.5) is 56.0 Å². The summed E-state index contributed by atoms with van der Waals surface area (Å²) in [7, 11) is 0. The molecule has 3 saturated heterocycles. The van der Waals surface area contributed by atoms with Crippen LogP contribution in [0.3, 0.4) is 0 Å². The molecule has 12 heterocycles. The van der Waals surface area contributed by atoms with Crippen LogP contribution in [-0.2, 0) is 14.2 Å². The van der Waals surface area contributed by atoms with Crippen molar-refractivity contribution in [1.82, 2.24) is 73.7 Å². The third-order valence-corrected chi connectivity index (χ3v) is 22.9. The minimum Gasteiger partial charge on any atom is -0.493 e. The second-order valence-corrected chi connectivity index (χ2v) is 33.5. The first-order chi connectivity index (χ1) is 55.5. The van der Waals surface area contributed by atoms with Crippen LogP contribution in [0.25, 0.3) is 38.9 Å². The smallest absolute Gasteiger partial charge is 0.410 e. The minimum absolute atomic E-state index is 0.0216. The molecule has 9 aromatic rings. The molecule has 2 amide bonds. The highest BCUT2D eigenvalue weighted by Crippen LogP contribution is 2.37. The van der Waals surface area contributed by atoms with Crippen LogP contribution in [0.5, 0.6) is 0 Å². The van der Waals surface area contributed by atoms with Crippen molar-refractivity contribution in [3.05, 3.63) is 149 Å². The van der Waals surface area contributed by atoms with Gasteiger partial charge in [0.25, 0.3) is 16.7 Å². The minimum atomic E-state index is -0.510. The van der Waals surface area contributed by atoms with Gasteiger partial charge >= 0.3 is 12.2 Å². The van der Waals surface area contributed by atoms with Crippen LogP contribution in [0.1, 0.15) is 196 Å². The summed E-state index contributed by atoms with van der Waals surface area (Å²) in [6.07, 6.45) is 24.3.